The van der Waals surface area contributed by atoms with Gasteiger partial charge in [-0.05, 0) is 0 Å². The zero-order valence-electron chi connectivity index (χ0n) is 1.09. The van der Waals surface area contributed by atoms with Gasteiger partial charge in [-0.3, -0.25) is 0 Å². The molecule has 0 saturated carbocycles. The van der Waals surface area contributed by atoms with Crippen molar-refractivity contribution >= 4 is 0 Å². The topological polar surface area (TPSA) is 0 Å². The molecule has 0 radical (unpaired) electrons. The second kappa shape index (κ2) is 23.8. The Bertz CT molecular complexity index is 6.00. The van der Waals surface area contributed by atoms with Crippen LogP contribution < -0.4 is 0 Å². The summed E-state index contributed by atoms with van der Waals surface area (Å²) in [6.45, 7) is 0. The quantitative estimate of drug-likeness (QED) is 0.482. The second-order valence-corrected chi connectivity index (χ2v) is 0. The van der Waals surface area contributed by atoms with Gasteiger partial charge >= 0.3 is 28.4 Å². The van der Waals surface area contributed by atoms with Gasteiger partial charge in [0.1, 0.15) is 0 Å². The van der Waals surface area contributed by atoms with Crippen LogP contribution in [0.4, 0.5) is 0 Å². The molecular weight excluding hydrogens is 179 g/mol. The fourth-order valence-corrected chi connectivity index (χ4v) is 0. The molecule has 4 heavy (non-hydrogen) atoms. The Morgan fingerprint density at radius 1 is 1.25 bits per heavy atom. The van der Waals surface area contributed by atoms with Crippen molar-refractivity contribution < 1.29 is 45.4 Å². The summed E-state index contributed by atoms with van der Waals surface area (Å²) >= 11 is 5.75. The van der Waals surface area contributed by atoms with Crippen LogP contribution in [0, 0.1) is 0 Å². The first kappa shape index (κ1) is 17.6. The molecule has 0 spiro atoms. The average molecular weight is 183 g/mol. The molecule has 0 nitrogen and oxygen atoms in total. The van der Waals surface area contributed by atoms with E-state index in [-0.39, 0.29) is 24.5 Å². The van der Waals surface area contributed by atoms with Crippen LogP contribution in [0.3, 0.4) is 0 Å². The molecule has 0 aliphatic rings. The van der Waals surface area contributed by atoms with Crippen LogP contribution in [-0.4, -0.2) is 0 Å². The van der Waals surface area contributed by atoms with E-state index in [1.165, 1.54) is 0 Å². The zero-order valence-corrected chi connectivity index (χ0v) is 4.47. The van der Waals surface area contributed by atoms with Crippen molar-refractivity contribution in [2.75, 3.05) is 0 Å². The molecule has 0 aliphatic carbocycles. The van der Waals surface area contributed by atoms with Gasteiger partial charge in [0.2, 0.25) is 0 Å². The van der Waals surface area contributed by atoms with Gasteiger partial charge in [-0.15, -0.1) is 0 Å². The van der Waals surface area contributed by atoms with Crippen molar-refractivity contribution in [3.8, 4) is 0 Å². The summed E-state index contributed by atoms with van der Waals surface area (Å²) < 4.78 is 0. The maximum absolute atomic E-state index is 3.06. The van der Waals surface area contributed by atoms with E-state index in [1.54, 1.807) is 0 Å². The summed E-state index contributed by atoms with van der Waals surface area (Å²) in [4.78, 5) is 0. The molecule has 0 bridgehead atoms. The average Bonchev–Trinajstić information content (AvgIpc) is 1.00. The predicted molar refractivity (Wildman–Crippen MR) is 6.73 cm³/mol. The van der Waals surface area contributed by atoms with E-state index >= 15 is 0 Å². The van der Waals surface area contributed by atoms with Crippen LogP contribution in [-0.2, 0) is 45.4 Å². The number of hydrogen-bond donors (Lipinski definition) is 0. The first-order valence-corrected chi connectivity index (χ1v) is 2.27. The molecule has 0 aromatic carbocycles. The standard InChI is InChI=1S/CH4.2Fe.Mn/h1H4;;;. The van der Waals surface area contributed by atoms with Gasteiger partial charge in [-0.2, -0.15) is 0 Å². The molecule has 0 aromatic heterocycles. The molecule has 0 N–H and O–H groups in total. The minimum absolute atomic E-state index is 0. The number of rotatable bonds is 0. The molecule has 0 aliphatic heterocycles. The fourth-order valence-electron chi connectivity index (χ4n) is 0. The molecule has 0 fully saturated rings. The van der Waals surface area contributed by atoms with Crippen LogP contribution in [0.15, 0.2) is 0 Å². The van der Waals surface area contributed by atoms with Crippen molar-refractivity contribution in [2.45, 2.75) is 7.43 Å². The summed E-state index contributed by atoms with van der Waals surface area (Å²) in [6, 6.07) is 0. The van der Waals surface area contributed by atoms with E-state index in [0.717, 1.165) is 0 Å². The fraction of sp³-hybridized carbons (Fsp3) is 1.00. The van der Waals surface area contributed by atoms with E-state index in [2.05, 4.69) is 28.4 Å². The molecule has 0 aromatic rings. The Morgan fingerprint density at radius 3 is 1.25 bits per heavy atom. The Morgan fingerprint density at radius 2 is 1.25 bits per heavy atom. The zero-order chi connectivity index (χ0) is 2.00. The molecule has 0 saturated heterocycles. The van der Waals surface area contributed by atoms with Crippen LogP contribution in [0.2, 0.25) is 0 Å². The Balaban J connectivity index is -0.00000000500. The maximum atomic E-state index is 3.06. The van der Waals surface area contributed by atoms with Gasteiger partial charge in [-0.1, -0.05) is 7.43 Å². The van der Waals surface area contributed by atoms with Crippen molar-refractivity contribution in [3.63, 3.8) is 0 Å². The summed E-state index contributed by atoms with van der Waals surface area (Å²) in [7, 11) is 0. The van der Waals surface area contributed by atoms with Crippen molar-refractivity contribution in [1.82, 2.24) is 0 Å². The summed E-state index contributed by atoms with van der Waals surface area (Å²) in [5.41, 5.74) is 0. The van der Waals surface area contributed by atoms with Crippen LogP contribution in [0.5, 0.6) is 0 Å². The summed E-state index contributed by atoms with van der Waals surface area (Å²) in [6.07, 6.45) is 0. The third kappa shape index (κ3) is 9.59. The van der Waals surface area contributed by atoms with Crippen molar-refractivity contribution in [3.05, 3.63) is 0 Å². The van der Waals surface area contributed by atoms with E-state index in [1.807, 2.05) is 0 Å². The predicted octanol–water partition coefficient (Wildman–Crippen LogP) is 0.629. The SMILES string of the molecule is C.[Fe].[Mn][Fe]. The van der Waals surface area contributed by atoms with Gasteiger partial charge < -0.3 is 0 Å². The molecule has 0 atom stereocenters. The number of hydrogen-bond acceptors (Lipinski definition) is 0. The minimum atomic E-state index is 0. The van der Waals surface area contributed by atoms with Crippen LogP contribution >= 0.6 is 0 Å². The van der Waals surface area contributed by atoms with Gasteiger partial charge in [0.05, 0.1) is 0 Å². The Labute approximate surface area is 52.8 Å². The third-order valence-corrected chi connectivity index (χ3v) is 0. The molecule has 3 heteroatoms. The molecule has 0 unspecified atom stereocenters. The second-order valence-electron chi connectivity index (χ2n) is 0. The first-order chi connectivity index (χ1) is 1.00. The van der Waals surface area contributed by atoms with Gasteiger partial charge in [-0.25, -0.2) is 0 Å². The molecule has 0 amide bonds. The Hall–Kier alpha value is 1.56. The van der Waals surface area contributed by atoms with Crippen molar-refractivity contribution in [2.24, 2.45) is 0 Å². The monoisotopic (exact) mass is 183 g/mol. The van der Waals surface area contributed by atoms with Crippen molar-refractivity contribution in [1.29, 1.82) is 0 Å². The summed E-state index contributed by atoms with van der Waals surface area (Å²) in [5, 5.41) is 0. The van der Waals surface area contributed by atoms with E-state index in [9.17, 15) is 0 Å². The molecule has 0 heterocycles. The first-order valence-electron chi connectivity index (χ1n) is 0.134. The van der Waals surface area contributed by atoms with E-state index < -0.39 is 0 Å². The van der Waals surface area contributed by atoms with Gasteiger partial charge in [0, 0.05) is 17.1 Å². The molecular formula is CH4Fe2Mn. The molecule has 31 valence electrons. The van der Waals surface area contributed by atoms with E-state index in [0.29, 0.717) is 0 Å². The summed E-state index contributed by atoms with van der Waals surface area (Å²) in [5.74, 6) is 0. The van der Waals surface area contributed by atoms with Gasteiger partial charge in [0.25, 0.3) is 0 Å². The van der Waals surface area contributed by atoms with Crippen LogP contribution in [0.1, 0.15) is 7.43 Å². The van der Waals surface area contributed by atoms with E-state index in [4.69, 9.17) is 0 Å². The third-order valence-electron chi connectivity index (χ3n) is 0. The molecule has 0 rings (SSSR count). The Kier molecular flexibility index (Phi) is 105. The van der Waals surface area contributed by atoms with Gasteiger partial charge in [0.15, 0.2) is 0 Å². The normalized spacial score (nSPS) is 1.50. The van der Waals surface area contributed by atoms with Crippen LogP contribution in [0.25, 0.3) is 0 Å².